The Balaban J connectivity index is 0.000000299. The number of amides is 3. The van der Waals surface area contributed by atoms with Gasteiger partial charge in [0.05, 0.1) is 11.4 Å². The Bertz CT molecular complexity index is 2750. The highest BCUT2D eigenvalue weighted by Crippen LogP contribution is 2.34. The Morgan fingerprint density at radius 1 is 0.592 bits per heavy atom. The Kier molecular flexibility index (Phi) is 25.6. The summed E-state index contributed by atoms with van der Waals surface area (Å²) in [7, 11) is 0. The molecule has 7 rings (SSSR count). The monoisotopic (exact) mass is 1000 g/mol. The number of ketones is 2. The number of ether oxygens (including phenoxy) is 1. The van der Waals surface area contributed by atoms with E-state index in [0.717, 1.165) is 96.3 Å². The predicted molar refractivity (Wildman–Crippen MR) is 279 cm³/mol. The zero-order valence-electron chi connectivity index (χ0n) is 39.3. The van der Waals surface area contributed by atoms with Crippen LogP contribution in [0.3, 0.4) is 0 Å². The third kappa shape index (κ3) is 18.3. The van der Waals surface area contributed by atoms with Crippen molar-refractivity contribution in [2.24, 2.45) is 5.73 Å². The molecule has 0 atom stereocenters. The summed E-state index contributed by atoms with van der Waals surface area (Å²) < 4.78 is 4.50. The lowest BCUT2D eigenvalue weighted by atomic mass is 10.0. The number of nitrogens with two attached hydrogens (primary N) is 1. The summed E-state index contributed by atoms with van der Waals surface area (Å²) in [6.45, 7) is 5.35. The minimum Gasteiger partial charge on any atom is -0.446 e. The molecule has 3 amide bonds. The number of hydrogen-bond acceptors (Lipinski definition) is 12. The van der Waals surface area contributed by atoms with Gasteiger partial charge in [0, 0.05) is 89.1 Å². The van der Waals surface area contributed by atoms with Crippen LogP contribution in [0.4, 0.5) is 0 Å². The van der Waals surface area contributed by atoms with Gasteiger partial charge in [-0.1, -0.05) is 141 Å². The number of hydrogen-bond donors (Lipinski definition) is 4. The average molecular weight is 1010 g/mol. The number of carbonyl (C=O) groups excluding carboxylic acids is 6. The highest BCUT2D eigenvalue weighted by Gasteiger charge is 2.35. The molecule has 0 bridgehead atoms. The molecule has 1 saturated carbocycles. The van der Waals surface area contributed by atoms with Crippen LogP contribution in [0.2, 0.25) is 10.0 Å². The van der Waals surface area contributed by atoms with Crippen molar-refractivity contribution >= 4 is 80.0 Å². The summed E-state index contributed by atoms with van der Waals surface area (Å²) in [6, 6.07) is 34.5. The topological polar surface area (TPSA) is 247 Å². The van der Waals surface area contributed by atoms with Crippen molar-refractivity contribution in [3.63, 3.8) is 0 Å². The van der Waals surface area contributed by atoms with Crippen LogP contribution in [0.25, 0.3) is 44.1 Å². The van der Waals surface area contributed by atoms with Crippen molar-refractivity contribution < 1.29 is 33.5 Å². The van der Waals surface area contributed by atoms with Gasteiger partial charge in [0.2, 0.25) is 12.0 Å². The molecule has 6 aromatic rings. The first-order valence-electron chi connectivity index (χ1n) is 23.1. The maximum absolute atomic E-state index is 12.7. The van der Waals surface area contributed by atoms with Gasteiger partial charge in [-0.3, -0.25) is 28.8 Å². The Morgan fingerprint density at radius 3 is 1.37 bits per heavy atom. The van der Waals surface area contributed by atoms with Crippen molar-refractivity contribution in [2.45, 2.75) is 91.6 Å². The van der Waals surface area contributed by atoms with Crippen molar-refractivity contribution in [1.29, 1.82) is 10.8 Å². The molecule has 2 heterocycles. The molecule has 0 saturated heterocycles. The number of benzene rings is 4. The molecule has 0 aliphatic heterocycles. The molecule has 1 aliphatic rings. The number of carbonyl (C=O) groups is 6. The molecular weight excluding hydrogens is 944 g/mol. The van der Waals surface area contributed by atoms with E-state index in [9.17, 15) is 28.8 Å². The quantitative estimate of drug-likeness (QED) is 0.0272. The predicted octanol–water partition coefficient (Wildman–Crippen LogP) is 10.3. The molecule has 2 aromatic heterocycles. The number of rotatable bonds is 18. The summed E-state index contributed by atoms with van der Waals surface area (Å²) >= 11 is 12.8. The van der Waals surface area contributed by atoms with E-state index in [2.05, 4.69) is 30.7 Å². The first-order chi connectivity index (χ1) is 33.9. The van der Waals surface area contributed by atoms with E-state index >= 15 is 0 Å². The summed E-state index contributed by atoms with van der Waals surface area (Å²) in [4.78, 5) is 77.5. The van der Waals surface area contributed by atoms with Gasteiger partial charge in [0.25, 0.3) is 11.8 Å². The van der Waals surface area contributed by atoms with E-state index in [1.54, 1.807) is 0 Å². The number of halogens is 2. The lowest BCUT2D eigenvalue weighted by molar-refractivity contribution is -0.155. The number of unbranched alkanes of at least 4 members (excludes halogenated alkanes) is 6. The fourth-order valence-electron chi connectivity index (χ4n) is 7.41. The highest BCUT2D eigenvalue weighted by atomic mass is 35.5. The molecule has 0 spiro atoms. The number of esters is 1. The maximum Gasteiger partial charge on any atom is 0.303 e. The number of nitrogens with one attached hydrogen (secondary N) is 3. The van der Waals surface area contributed by atoms with Gasteiger partial charge < -0.3 is 26.4 Å². The lowest BCUT2D eigenvalue weighted by Gasteiger charge is -2.11. The molecule has 374 valence electrons. The summed E-state index contributed by atoms with van der Waals surface area (Å²) in [5.41, 5.74) is 9.36. The zero-order valence-corrected chi connectivity index (χ0v) is 40.9. The second-order valence-electron chi connectivity index (χ2n) is 16.1. The molecule has 0 radical (unpaired) electrons. The minimum absolute atomic E-state index is 0. The van der Waals surface area contributed by atoms with Crippen molar-refractivity contribution in [1.82, 2.24) is 25.9 Å². The number of fused-ring (bicyclic) bond motifs is 2. The van der Waals surface area contributed by atoms with Gasteiger partial charge in [-0.15, -0.1) is 0 Å². The van der Waals surface area contributed by atoms with Gasteiger partial charge in [0.15, 0.2) is 11.6 Å². The molecule has 1 aliphatic carbocycles. The second-order valence-corrected chi connectivity index (χ2v) is 17.0. The smallest absolute Gasteiger partial charge is 0.303 e. The summed E-state index contributed by atoms with van der Waals surface area (Å²) in [5.74, 6) is -1.50. The molecular formula is C54H62Cl2N8O7. The first-order valence-corrected chi connectivity index (χ1v) is 23.9. The third-order valence-corrected chi connectivity index (χ3v) is 11.5. The number of pyridine rings is 2. The van der Waals surface area contributed by atoms with Gasteiger partial charge >= 0.3 is 5.97 Å². The second kappa shape index (κ2) is 31.2. The van der Waals surface area contributed by atoms with E-state index < -0.39 is 12.1 Å². The van der Waals surface area contributed by atoms with E-state index in [0.29, 0.717) is 46.8 Å². The fraction of sp³-hybridized carbons (Fsp3) is 0.333. The van der Waals surface area contributed by atoms with Crippen molar-refractivity contribution in [2.75, 3.05) is 26.2 Å². The van der Waals surface area contributed by atoms with Crippen LogP contribution in [0.5, 0.6) is 0 Å². The van der Waals surface area contributed by atoms with E-state index in [-0.39, 0.29) is 49.6 Å². The van der Waals surface area contributed by atoms with Crippen LogP contribution in [0.15, 0.2) is 109 Å². The number of nitrogens with zero attached hydrogens (tertiary/aromatic N) is 4. The van der Waals surface area contributed by atoms with E-state index in [4.69, 9.17) is 39.7 Å². The largest absolute Gasteiger partial charge is 0.446 e. The van der Waals surface area contributed by atoms with Crippen molar-refractivity contribution in [3.8, 4) is 22.5 Å². The van der Waals surface area contributed by atoms with Crippen LogP contribution >= 0.6 is 23.2 Å². The zero-order chi connectivity index (χ0) is 50.8. The first kappa shape index (κ1) is 58.2. The fourth-order valence-corrected chi connectivity index (χ4v) is 7.86. The van der Waals surface area contributed by atoms with Crippen LogP contribution in [0, 0.1) is 10.8 Å². The van der Waals surface area contributed by atoms with Crippen molar-refractivity contribution in [3.05, 3.63) is 131 Å². The van der Waals surface area contributed by atoms with E-state index in [1.165, 1.54) is 13.8 Å². The average Bonchev–Trinajstić information content (AvgIpc) is 3.68. The highest BCUT2D eigenvalue weighted by molar-refractivity contribution is 6.34. The number of Topliss-reactive ketones (excluding diaryl/α,β-unsaturated/α-hetero) is 2. The molecule has 1 fully saturated rings. The Labute approximate surface area is 425 Å². The summed E-state index contributed by atoms with van der Waals surface area (Å²) in [5, 5.41) is 25.8. The SMILES string of the molecule is C.CC(=O)NCCCCCCNC(=O)c1cc2ccccc2c(-c2ccccc2Cl)n1.CC(=O)OC1C(=O)CCC1=O.N#N.NCCCCCCNC(=O)c1cc2ccccc2c(-c2ccccc2Cl)n1. The minimum atomic E-state index is -1.10. The molecule has 0 unspecified atom stereocenters. The lowest BCUT2D eigenvalue weighted by Crippen LogP contribution is -2.27. The van der Waals surface area contributed by atoms with E-state index in [1.807, 2.05) is 109 Å². The normalized spacial score (nSPS) is 11.6. The van der Waals surface area contributed by atoms with Crippen LogP contribution < -0.4 is 21.7 Å². The molecule has 15 nitrogen and oxygen atoms in total. The molecule has 71 heavy (non-hydrogen) atoms. The maximum atomic E-state index is 12.7. The van der Waals surface area contributed by atoms with Gasteiger partial charge in [0.1, 0.15) is 11.4 Å². The summed E-state index contributed by atoms with van der Waals surface area (Å²) in [6.07, 6.45) is 7.28. The van der Waals surface area contributed by atoms with Crippen LogP contribution in [0.1, 0.15) is 106 Å². The Morgan fingerprint density at radius 2 is 0.972 bits per heavy atom. The number of aromatic nitrogens is 2. The van der Waals surface area contributed by atoms with Gasteiger partial charge in [-0.05, 0) is 67.3 Å². The third-order valence-electron chi connectivity index (χ3n) is 10.9. The standard InChI is InChI=1S/C24H26ClN3O2.C22H24ClN3O.C7H8O4.CH4.N2/c1-17(29)26-14-8-2-3-9-15-27-24(30)22-16-18-10-4-5-11-19(18)23(28-22)20-12-6-7-13-21(20)25;23-19-12-6-5-11-18(19)21-17-10-4-3-9-16(17)15-20(26-21)22(27)25-14-8-2-1-7-13-24;1-4(8)11-7-5(9)2-3-6(7)10;;1-2/h4-7,10-13,16H,2-3,8-9,14-15H2,1H3,(H,26,29)(H,27,30);3-6,9-12,15H,1-2,7-8,13-14,24H2,(H,25,27);7H,2-3H2,1H3;1H4;. The Hall–Kier alpha value is -7.12. The van der Waals surface area contributed by atoms with Crippen LogP contribution in [-0.2, 0) is 23.9 Å². The molecule has 5 N–H and O–H groups in total. The van der Waals surface area contributed by atoms with Gasteiger partial charge in [-0.2, -0.15) is 0 Å². The van der Waals surface area contributed by atoms with Gasteiger partial charge in [-0.25, -0.2) is 9.97 Å². The molecule has 17 heteroatoms. The van der Waals surface area contributed by atoms with Crippen LogP contribution in [-0.4, -0.2) is 77.5 Å². The molecule has 4 aromatic carbocycles.